The average Bonchev–Trinajstić information content (AvgIpc) is 2.85. The van der Waals surface area contributed by atoms with Crippen LogP contribution in [0.1, 0.15) is 48.9 Å². The number of aryl methyl sites for hydroxylation is 4. The number of benzene rings is 2. The molecule has 0 unspecified atom stereocenters. The molecule has 0 radical (unpaired) electrons. The highest BCUT2D eigenvalue weighted by Crippen LogP contribution is 2.30. The highest BCUT2D eigenvalue weighted by molar-refractivity contribution is 6.01. The lowest BCUT2D eigenvalue weighted by molar-refractivity contribution is -0.123. The van der Waals surface area contributed by atoms with Gasteiger partial charge in [0.2, 0.25) is 11.8 Å². The van der Waals surface area contributed by atoms with Gasteiger partial charge in [-0.25, -0.2) is 9.59 Å². The first-order valence-corrected chi connectivity index (χ1v) is 12.7. The molecular weight excluding hydrogens is 484 g/mol. The third-order valence-electron chi connectivity index (χ3n) is 6.90. The summed E-state index contributed by atoms with van der Waals surface area (Å²) in [4.78, 5) is 53.5. The summed E-state index contributed by atoms with van der Waals surface area (Å²) in [5.41, 5.74) is 4.61. The van der Waals surface area contributed by atoms with E-state index >= 15 is 0 Å². The molecule has 2 amide bonds. The number of anilines is 2. The molecule has 2 aromatic carbocycles. The first-order chi connectivity index (χ1) is 18.0. The van der Waals surface area contributed by atoms with E-state index in [0.717, 1.165) is 33.0 Å². The molecule has 8 nitrogen and oxygen atoms in total. The van der Waals surface area contributed by atoms with Crippen LogP contribution >= 0.6 is 0 Å². The average molecular weight is 517 g/mol. The predicted octanol–water partition coefficient (Wildman–Crippen LogP) is 5.32. The normalized spacial score (nSPS) is 11.2. The minimum absolute atomic E-state index is 0.0131. The van der Waals surface area contributed by atoms with Crippen molar-refractivity contribution < 1.29 is 18.4 Å². The Morgan fingerprint density at radius 1 is 0.605 bits per heavy atom. The Labute approximate surface area is 220 Å². The Morgan fingerprint density at radius 3 is 1.32 bits per heavy atom. The van der Waals surface area contributed by atoms with Gasteiger partial charge in [0.05, 0.1) is 11.4 Å². The summed E-state index contributed by atoms with van der Waals surface area (Å²) < 4.78 is 10.8. The standard InChI is InChI=1S/C30H32N2O6/c1-7-31(23-15-25-21(11-19(23)5)17(3)13-29(35)37-25)27(33)9-10-28(34)32(8-2)24-16-26-22(12-20(24)6)18(4)14-30(36)38-26/h11-16H,7-10H2,1-6H3. The van der Waals surface area contributed by atoms with Crippen LogP contribution in [0.2, 0.25) is 0 Å². The van der Waals surface area contributed by atoms with Crippen LogP contribution in [0.15, 0.2) is 54.8 Å². The van der Waals surface area contributed by atoms with Gasteiger partial charge in [-0.3, -0.25) is 9.59 Å². The zero-order valence-electron chi connectivity index (χ0n) is 22.6. The molecule has 0 fully saturated rings. The van der Waals surface area contributed by atoms with Gasteiger partial charge in [0.15, 0.2) is 0 Å². The smallest absolute Gasteiger partial charge is 0.336 e. The highest BCUT2D eigenvalue weighted by Gasteiger charge is 2.22. The molecule has 0 aliphatic heterocycles. The van der Waals surface area contributed by atoms with E-state index < -0.39 is 11.3 Å². The minimum atomic E-state index is -0.442. The number of amides is 2. The van der Waals surface area contributed by atoms with Crippen molar-refractivity contribution in [3.63, 3.8) is 0 Å². The Bertz CT molecular complexity index is 1560. The van der Waals surface area contributed by atoms with Crippen LogP contribution in [0.3, 0.4) is 0 Å². The molecule has 4 rings (SSSR count). The highest BCUT2D eigenvalue weighted by atomic mass is 16.4. The van der Waals surface area contributed by atoms with Gasteiger partial charge in [-0.15, -0.1) is 0 Å². The van der Waals surface area contributed by atoms with E-state index in [1.807, 2.05) is 53.7 Å². The predicted molar refractivity (Wildman–Crippen MR) is 149 cm³/mol. The largest absolute Gasteiger partial charge is 0.423 e. The number of carbonyl (C=O) groups excluding carboxylic acids is 2. The van der Waals surface area contributed by atoms with Crippen LogP contribution in [0, 0.1) is 27.7 Å². The second-order valence-corrected chi connectivity index (χ2v) is 9.54. The molecule has 0 saturated heterocycles. The Morgan fingerprint density at radius 2 is 0.974 bits per heavy atom. The molecule has 2 aromatic heterocycles. The topological polar surface area (TPSA) is 101 Å². The summed E-state index contributed by atoms with van der Waals surface area (Å²) in [7, 11) is 0. The summed E-state index contributed by atoms with van der Waals surface area (Å²) in [5, 5.41) is 1.64. The van der Waals surface area contributed by atoms with Gasteiger partial charge in [0, 0.05) is 61.0 Å². The maximum absolute atomic E-state index is 13.3. The maximum atomic E-state index is 13.3. The van der Waals surface area contributed by atoms with Crippen molar-refractivity contribution in [3.05, 3.63) is 79.5 Å². The second-order valence-electron chi connectivity index (χ2n) is 9.54. The first-order valence-electron chi connectivity index (χ1n) is 12.7. The van der Waals surface area contributed by atoms with Gasteiger partial charge in [-0.2, -0.15) is 0 Å². The molecule has 0 aliphatic carbocycles. The molecule has 0 saturated carbocycles. The third-order valence-corrected chi connectivity index (χ3v) is 6.90. The van der Waals surface area contributed by atoms with Crippen LogP contribution in [0.4, 0.5) is 11.4 Å². The zero-order chi connectivity index (χ0) is 27.7. The SMILES string of the molecule is CCN(C(=O)CCC(=O)N(CC)c1cc2oc(=O)cc(C)c2cc1C)c1cc2oc(=O)cc(C)c2cc1C. The monoisotopic (exact) mass is 516 g/mol. The van der Waals surface area contributed by atoms with Gasteiger partial charge < -0.3 is 18.6 Å². The van der Waals surface area contributed by atoms with Crippen LogP contribution in [-0.4, -0.2) is 24.9 Å². The van der Waals surface area contributed by atoms with Gasteiger partial charge in [-0.05, 0) is 75.9 Å². The second kappa shape index (κ2) is 10.7. The molecule has 2 heterocycles. The quantitative estimate of drug-likeness (QED) is 0.308. The van der Waals surface area contributed by atoms with Gasteiger partial charge in [-0.1, -0.05) is 0 Å². The lowest BCUT2D eigenvalue weighted by Gasteiger charge is -2.25. The maximum Gasteiger partial charge on any atom is 0.336 e. The molecule has 0 spiro atoms. The molecular formula is C30H32N2O6. The molecule has 0 bridgehead atoms. The number of rotatable bonds is 7. The molecule has 0 N–H and O–H groups in total. The molecule has 0 atom stereocenters. The number of hydrogen-bond donors (Lipinski definition) is 0. The van der Waals surface area contributed by atoms with Crippen molar-refractivity contribution in [1.82, 2.24) is 0 Å². The molecule has 38 heavy (non-hydrogen) atoms. The van der Waals surface area contributed by atoms with Crippen molar-refractivity contribution in [2.45, 2.75) is 54.4 Å². The zero-order valence-corrected chi connectivity index (χ0v) is 22.6. The lowest BCUT2D eigenvalue weighted by Crippen LogP contribution is -2.35. The van der Waals surface area contributed by atoms with E-state index in [0.29, 0.717) is 35.6 Å². The summed E-state index contributed by atoms with van der Waals surface area (Å²) in [5.74, 6) is -0.405. The van der Waals surface area contributed by atoms with Crippen molar-refractivity contribution in [1.29, 1.82) is 0 Å². The van der Waals surface area contributed by atoms with Crippen molar-refractivity contribution in [2.24, 2.45) is 0 Å². The van der Waals surface area contributed by atoms with E-state index in [4.69, 9.17) is 8.83 Å². The minimum Gasteiger partial charge on any atom is -0.423 e. The Kier molecular flexibility index (Phi) is 7.53. The van der Waals surface area contributed by atoms with Crippen molar-refractivity contribution >= 4 is 45.1 Å². The van der Waals surface area contributed by atoms with E-state index in [1.165, 1.54) is 12.1 Å². The fraction of sp³-hybridized carbons (Fsp3) is 0.333. The van der Waals surface area contributed by atoms with E-state index in [-0.39, 0.29) is 24.7 Å². The fourth-order valence-electron chi connectivity index (χ4n) is 4.95. The van der Waals surface area contributed by atoms with Crippen LogP contribution in [0.25, 0.3) is 21.9 Å². The molecule has 8 heteroatoms. The van der Waals surface area contributed by atoms with Crippen molar-refractivity contribution in [2.75, 3.05) is 22.9 Å². The third kappa shape index (κ3) is 5.11. The Balaban J connectivity index is 1.57. The van der Waals surface area contributed by atoms with E-state index in [2.05, 4.69) is 0 Å². The number of nitrogens with zero attached hydrogens (tertiary/aromatic N) is 2. The number of carbonyl (C=O) groups is 2. The summed E-state index contributed by atoms with van der Waals surface area (Å²) in [6.07, 6.45) is 0.0263. The lowest BCUT2D eigenvalue weighted by atomic mass is 10.0. The van der Waals surface area contributed by atoms with Gasteiger partial charge >= 0.3 is 11.3 Å². The van der Waals surface area contributed by atoms with Gasteiger partial charge in [0.1, 0.15) is 11.2 Å². The fourth-order valence-corrected chi connectivity index (χ4v) is 4.95. The molecule has 0 aliphatic rings. The summed E-state index contributed by atoms with van der Waals surface area (Å²) in [6.45, 7) is 12.0. The first kappa shape index (κ1) is 26.9. The van der Waals surface area contributed by atoms with Gasteiger partial charge in [0.25, 0.3) is 0 Å². The summed E-state index contributed by atoms with van der Waals surface area (Å²) in [6, 6.07) is 10.1. The van der Waals surface area contributed by atoms with E-state index in [9.17, 15) is 19.2 Å². The van der Waals surface area contributed by atoms with Crippen molar-refractivity contribution in [3.8, 4) is 0 Å². The van der Waals surface area contributed by atoms with Crippen LogP contribution in [0.5, 0.6) is 0 Å². The van der Waals surface area contributed by atoms with Crippen LogP contribution < -0.4 is 21.1 Å². The molecule has 198 valence electrons. The molecule has 4 aromatic rings. The summed E-state index contributed by atoms with van der Waals surface area (Å²) >= 11 is 0. The number of fused-ring (bicyclic) bond motifs is 2. The Hall–Kier alpha value is -4.20. The number of hydrogen-bond acceptors (Lipinski definition) is 6. The van der Waals surface area contributed by atoms with E-state index in [1.54, 1.807) is 21.9 Å². The van der Waals surface area contributed by atoms with Crippen LogP contribution in [-0.2, 0) is 9.59 Å².